The number of rotatable bonds is 7. The molecule has 28 heavy (non-hydrogen) atoms. The Hall–Kier alpha value is -3.00. The van der Waals surface area contributed by atoms with Gasteiger partial charge in [0.25, 0.3) is 0 Å². The first-order chi connectivity index (χ1) is 13.8. The lowest BCUT2D eigenvalue weighted by Gasteiger charge is -2.06. The quantitative estimate of drug-likeness (QED) is 0.496. The number of aliphatic hydroxyl groups is 1. The van der Waals surface area contributed by atoms with E-state index < -0.39 is 0 Å². The van der Waals surface area contributed by atoms with Gasteiger partial charge in [-0.05, 0) is 38.2 Å². The van der Waals surface area contributed by atoms with Crippen LogP contribution in [0.1, 0.15) is 43.1 Å². The number of fused-ring (bicyclic) bond motifs is 2. The van der Waals surface area contributed by atoms with Gasteiger partial charge in [0.15, 0.2) is 5.65 Å². The Bertz CT molecular complexity index is 1200. The molecule has 4 heterocycles. The van der Waals surface area contributed by atoms with Crippen LogP contribution in [0, 0.1) is 0 Å². The number of aromatic nitrogens is 6. The molecule has 144 valence electrons. The highest BCUT2D eigenvalue weighted by molar-refractivity contribution is 5.75. The highest BCUT2D eigenvalue weighted by atomic mass is 16.2. The van der Waals surface area contributed by atoms with Gasteiger partial charge in [0.2, 0.25) is 0 Å². The molecule has 0 bridgehead atoms. The van der Waals surface area contributed by atoms with Crippen LogP contribution in [-0.4, -0.2) is 40.2 Å². The summed E-state index contributed by atoms with van der Waals surface area (Å²) in [6, 6.07) is 2.22. The first-order valence-corrected chi connectivity index (χ1v) is 9.73. The molecule has 0 unspecified atom stereocenters. The van der Waals surface area contributed by atoms with E-state index >= 15 is 0 Å². The molecule has 5 rings (SSSR count). The second kappa shape index (κ2) is 6.87. The van der Waals surface area contributed by atoms with Crippen molar-refractivity contribution in [3.63, 3.8) is 0 Å². The number of pyridine rings is 1. The number of hydrogen-bond donors (Lipinski definition) is 1. The van der Waals surface area contributed by atoms with E-state index in [1.807, 2.05) is 21.2 Å². The van der Waals surface area contributed by atoms with E-state index in [2.05, 4.69) is 9.97 Å². The molecule has 0 radical (unpaired) electrons. The number of hydrogen-bond acceptors (Lipinski definition) is 5. The normalized spacial score (nSPS) is 14.3. The Balaban J connectivity index is 1.62. The van der Waals surface area contributed by atoms with Crippen LogP contribution in [0.25, 0.3) is 16.7 Å². The maximum absolute atomic E-state index is 13.2. The summed E-state index contributed by atoms with van der Waals surface area (Å²) in [5.74, 6) is 0. The maximum atomic E-state index is 13.2. The summed E-state index contributed by atoms with van der Waals surface area (Å²) in [5, 5.41) is 9.14. The smallest absolute Gasteiger partial charge is 0.329 e. The van der Waals surface area contributed by atoms with Crippen LogP contribution in [-0.2, 0) is 13.0 Å². The Morgan fingerprint density at radius 2 is 1.96 bits per heavy atom. The van der Waals surface area contributed by atoms with E-state index in [-0.39, 0.29) is 12.3 Å². The van der Waals surface area contributed by atoms with Gasteiger partial charge < -0.3 is 9.51 Å². The summed E-state index contributed by atoms with van der Waals surface area (Å²) < 4.78 is 5.72. The van der Waals surface area contributed by atoms with Crippen molar-refractivity contribution in [3.8, 4) is 0 Å². The molecule has 4 aromatic rings. The predicted octanol–water partition coefficient (Wildman–Crippen LogP) is 1.94. The average Bonchev–Trinajstić information content (AvgIpc) is 3.43. The lowest BCUT2D eigenvalue weighted by Crippen LogP contribution is -2.24. The average molecular weight is 378 g/mol. The van der Waals surface area contributed by atoms with Crippen molar-refractivity contribution in [2.24, 2.45) is 0 Å². The minimum atomic E-state index is 0.00184. The van der Waals surface area contributed by atoms with Crippen molar-refractivity contribution in [1.82, 2.24) is 28.5 Å². The van der Waals surface area contributed by atoms with E-state index in [1.54, 1.807) is 29.4 Å². The highest BCUT2D eigenvalue weighted by Gasteiger charge is 2.29. The Morgan fingerprint density at radius 3 is 2.79 bits per heavy atom. The second-order valence-corrected chi connectivity index (χ2v) is 7.32. The first kappa shape index (κ1) is 17.1. The molecule has 0 amide bonds. The van der Waals surface area contributed by atoms with Crippen LogP contribution in [0.3, 0.4) is 0 Å². The summed E-state index contributed by atoms with van der Waals surface area (Å²) in [6.45, 7) is 0.574. The van der Waals surface area contributed by atoms with E-state index in [0.717, 1.165) is 60.2 Å². The Kier molecular flexibility index (Phi) is 4.20. The zero-order valence-corrected chi connectivity index (χ0v) is 15.5. The molecule has 0 saturated heterocycles. The first-order valence-electron chi connectivity index (χ1n) is 9.73. The molecule has 1 aliphatic carbocycles. The molecule has 0 spiro atoms. The Labute approximate surface area is 161 Å². The van der Waals surface area contributed by atoms with Crippen molar-refractivity contribution in [2.45, 2.75) is 44.7 Å². The summed E-state index contributed by atoms with van der Waals surface area (Å²) in [7, 11) is 0. The van der Waals surface area contributed by atoms with Crippen LogP contribution in [0.4, 0.5) is 0 Å². The van der Waals surface area contributed by atoms with Crippen LogP contribution in [0.2, 0.25) is 0 Å². The molecular formula is C20H22N6O2. The van der Waals surface area contributed by atoms with Crippen LogP contribution >= 0.6 is 0 Å². The zero-order chi connectivity index (χ0) is 19.1. The highest BCUT2D eigenvalue weighted by Crippen LogP contribution is 2.36. The minimum absolute atomic E-state index is 0.00184. The summed E-state index contributed by atoms with van der Waals surface area (Å²) in [6.07, 6.45) is 13.4. The predicted molar refractivity (Wildman–Crippen MR) is 104 cm³/mol. The molecule has 4 aromatic heterocycles. The van der Waals surface area contributed by atoms with Crippen molar-refractivity contribution in [3.05, 3.63) is 58.9 Å². The third-order valence-corrected chi connectivity index (χ3v) is 5.42. The van der Waals surface area contributed by atoms with Crippen molar-refractivity contribution >= 4 is 16.7 Å². The second-order valence-electron chi connectivity index (χ2n) is 7.32. The van der Waals surface area contributed by atoms with Gasteiger partial charge >= 0.3 is 5.69 Å². The molecule has 1 saturated carbocycles. The van der Waals surface area contributed by atoms with Gasteiger partial charge in [-0.2, -0.15) is 0 Å². The molecular weight excluding hydrogens is 356 g/mol. The van der Waals surface area contributed by atoms with Crippen molar-refractivity contribution < 1.29 is 5.11 Å². The number of imidazole rings is 2. The fourth-order valence-electron chi connectivity index (χ4n) is 3.92. The summed E-state index contributed by atoms with van der Waals surface area (Å²) in [4.78, 5) is 26.3. The van der Waals surface area contributed by atoms with Crippen molar-refractivity contribution in [1.29, 1.82) is 0 Å². The van der Waals surface area contributed by atoms with Gasteiger partial charge in [0.05, 0.1) is 35.7 Å². The van der Waals surface area contributed by atoms with Crippen molar-refractivity contribution in [2.75, 3.05) is 6.61 Å². The fraction of sp³-hybridized carbons (Fsp3) is 0.400. The van der Waals surface area contributed by atoms with E-state index in [1.165, 1.54) is 0 Å². The third-order valence-electron chi connectivity index (χ3n) is 5.42. The molecule has 1 N–H and O–H groups in total. The molecule has 1 fully saturated rings. The molecule has 8 heteroatoms. The van der Waals surface area contributed by atoms with E-state index in [0.29, 0.717) is 12.6 Å². The molecule has 0 atom stereocenters. The van der Waals surface area contributed by atoms with Gasteiger partial charge in [0.1, 0.15) is 0 Å². The van der Waals surface area contributed by atoms with Crippen LogP contribution < -0.4 is 5.69 Å². The van der Waals surface area contributed by atoms with Gasteiger partial charge in [-0.15, -0.1) is 0 Å². The van der Waals surface area contributed by atoms with Gasteiger partial charge in [-0.3, -0.25) is 19.1 Å². The number of nitrogens with zero attached hydrogens (tertiary/aromatic N) is 6. The van der Waals surface area contributed by atoms with Crippen LogP contribution in [0.15, 0.2) is 41.8 Å². The maximum Gasteiger partial charge on any atom is 0.329 e. The van der Waals surface area contributed by atoms with Gasteiger partial charge in [0, 0.05) is 36.9 Å². The number of unbranched alkanes of at least 4 members (excludes halogenated alkanes) is 1. The standard InChI is InChI=1S/C20H22N6O2/c27-10-2-1-3-16-15(23-19-12-22-8-9-24(16)19)13-25-18-11-21-7-6-17(18)26(20(25)28)14-4-5-14/h6-9,11-12,14,27H,1-5,10,13H2. The van der Waals surface area contributed by atoms with E-state index in [4.69, 9.17) is 10.1 Å². The Morgan fingerprint density at radius 1 is 1.11 bits per heavy atom. The number of aryl methyl sites for hydroxylation is 1. The molecule has 1 aliphatic rings. The lowest BCUT2D eigenvalue weighted by molar-refractivity contribution is 0.284. The third kappa shape index (κ3) is 2.80. The largest absolute Gasteiger partial charge is 0.396 e. The van der Waals surface area contributed by atoms with Gasteiger partial charge in [-0.1, -0.05) is 0 Å². The molecule has 0 aromatic carbocycles. The number of aliphatic hydroxyl groups excluding tert-OH is 1. The SMILES string of the molecule is O=c1n(Cc2nc3cnccn3c2CCCCO)c2cnccc2n1C1CC1. The monoisotopic (exact) mass is 378 g/mol. The minimum Gasteiger partial charge on any atom is -0.396 e. The topological polar surface area (TPSA) is 90.2 Å². The van der Waals surface area contributed by atoms with Crippen LogP contribution in [0.5, 0.6) is 0 Å². The zero-order valence-electron chi connectivity index (χ0n) is 15.5. The molecule has 8 nitrogen and oxygen atoms in total. The van der Waals surface area contributed by atoms with E-state index in [9.17, 15) is 4.79 Å². The summed E-state index contributed by atoms with van der Waals surface area (Å²) in [5.41, 5.74) is 4.49. The lowest BCUT2D eigenvalue weighted by atomic mass is 10.1. The van der Waals surface area contributed by atoms with Gasteiger partial charge in [-0.25, -0.2) is 9.78 Å². The summed E-state index contributed by atoms with van der Waals surface area (Å²) >= 11 is 0. The fourth-order valence-corrected chi connectivity index (χ4v) is 3.92. The molecule has 0 aliphatic heterocycles.